The lowest BCUT2D eigenvalue weighted by molar-refractivity contribution is -0.113. The highest BCUT2D eigenvalue weighted by Crippen LogP contribution is 2.30. The largest absolute Gasteiger partial charge is 0.497 e. The molecule has 0 bridgehead atoms. The van der Waals surface area contributed by atoms with Crippen molar-refractivity contribution in [2.24, 2.45) is 7.05 Å². The molecule has 0 radical (unpaired) electrons. The summed E-state index contributed by atoms with van der Waals surface area (Å²) in [4.78, 5) is 12.7. The molecule has 0 spiro atoms. The van der Waals surface area contributed by atoms with Crippen molar-refractivity contribution >= 4 is 35.0 Å². The Morgan fingerprint density at radius 1 is 1.15 bits per heavy atom. The van der Waals surface area contributed by atoms with E-state index in [0.717, 1.165) is 28.3 Å². The second-order valence-corrected chi connectivity index (χ2v) is 8.74. The molecule has 10 heteroatoms. The van der Waals surface area contributed by atoms with Gasteiger partial charge >= 0.3 is 0 Å². The molecule has 0 saturated carbocycles. The van der Waals surface area contributed by atoms with Crippen LogP contribution in [0.1, 0.15) is 11.4 Å². The summed E-state index contributed by atoms with van der Waals surface area (Å²) in [5.74, 6) is 1.37. The number of benzene rings is 2. The zero-order valence-corrected chi connectivity index (χ0v) is 20.2. The lowest BCUT2D eigenvalue weighted by Crippen LogP contribution is -2.15. The minimum absolute atomic E-state index is 0.146. The van der Waals surface area contributed by atoms with Crippen LogP contribution in [-0.4, -0.2) is 43.3 Å². The van der Waals surface area contributed by atoms with E-state index in [1.807, 2.05) is 61.9 Å². The van der Waals surface area contributed by atoms with Crippen LogP contribution in [0.15, 0.2) is 53.7 Å². The summed E-state index contributed by atoms with van der Waals surface area (Å²) in [6, 6.07) is 15.0. The van der Waals surface area contributed by atoms with E-state index in [1.165, 1.54) is 11.8 Å². The second kappa shape index (κ2) is 9.68. The molecule has 0 unspecified atom stereocenters. The van der Waals surface area contributed by atoms with Crippen LogP contribution in [-0.2, 0) is 11.8 Å². The minimum Gasteiger partial charge on any atom is -0.497 e. The molecule has 170 valence electrons. The molecule has 4 rings (SSSR count). The number of halogens is 1. The van der Waals surface area contributed by atoms with Crippen molar-refractivity contribution in [1.29, 1.82) is 0 Å². The average molecular weight is 483 g/mol. The first kappa shape index (κ1) is 22.9. The van der Waals surface area contributed by atoms with Gasteiger partial charge in [-0.1, -0.05) is 35.5 Å². The average Bonchev–Trinajstić information content (AvgIpc) is 3.34. The molecule has 0 fully saturated rings. The summed E-state index contributed by atoms with van der Waals surface area (Å²) in [6.07, 6.45) is 0. The molecular formula is C23H23ClN6O2S. The van der Waals surface area contributed by atoms with Crippen molar-refractivity contribution in [2.45, 2.75) is 19.0 Å². The number of methoxy groups -OCH3 is 1. The number of aryl methyl sites for hydroxylation is 2. The Morgan fingerprint density at radius 2 is 1.91 bits per heavy atom. The first-order valence-electron chi connectivity index (χ1n) is 10.2. The number of nitrogens with zero attached hydrogens (tertiary/aromatic N) is 5. The van der Waals surface area contributed by atoms with E-state index in [0.29, 0.717) is 21.8 Å². The number of hydrogen-bond donors (Lipinski definition) is 1. The minimum atomic E-state index is -0.146. The van der Waals surface area contributed by atoms with Gasteiger partial charge in [-0.25, -0.2) is 0 Å². The normalized spacial score (nSPS) is 10.9. The van der Waals surface area contributed by atoms with Crippen molar-refractivity contribution < 1.29 is 9.53 Å². The molecule has 33 heavy (non-hydrogen) atoms. The zero-order valence-electron chi connectivity index (χ0n) is 18.7. The van der Waals surface area contributed by atoms with Crippen molar-refractivity contribution in [1.82, 2.24) is 24.5 Å². The summed E-state index contributed by atoms with van der Waals surface area (Å²) >= 11 is 7.40. The highest BCUT2D eigenvalue weighted by molar-refractivity contribution is 7.99. The maximum atomic E-state index is 12.7. The number of anilines is 1. The van der Waals surface area contributed by atoms with Gasteiger partial charge in [0.1, 0.15) is 5.75 Å². The van der Waals surface area contributed by atoms with Gasteiger partial charge in [0.25, 0.3) is 0 Å². The van der Waals surface area contributed by atoms with Crippen molar-refractivity contribution in [3.63, 3.8) is 0 Å². The third-order valence-electron chi connectivity index (χ3n) is 5.15. The smallest absolute Gasteiger partial charge is 0.234 e. The molecule has 0 atom stereocenters. The molecule has 0 aliphatic rings. The zero-order chi connectivity index (χ0) is 23.5. The van der Waals surface area contributed by atoms with E-state index < -0.39 is 0 Å². The molecule has 0 aliphatic carbocycles. The fourth-order valence-electron chi connectivity index (χ4n) is 3.40. The number of carbonyl (C=O) groups is 1. The third-order valence-corrected chi connectivity index (χ3v) is 6.33. The Hall–Kier alpha value is -3.30. The molecule has 2 aromatic carbocycles. The second-order valence-electron chi connectivity index (χ2n) is 7.36. The van der Waals surface area contributed by atoms with Gasteiger partial charge in [-0.3, -0.25) is 14.0 Å². The third kappa shape index (κ3) is 4.89. The highest BCUT2D eigenvalue weighted by Gasteiger charge is 2.19. The lowest BCUT2D eigenvalue weighted by atomic mass is 10.2. The van der Waals surface area contributed by atoms with Gasteiger partial charge in [-0.2, -0.15) is 5.10 Å². The maximum Gasteiger partial charge on any atom is 0.234 e. The Bertz CT molecular complexity index is 1300. The highest BCUT2D eigenvalue weighted by atomic mass is 35.5. The van der Waals surface area contributed by atoms with Crippen LogP contribution in [0.3, 0.4) is 0 Å². The molecule has 1 N–H and O–H groups in total. The van der Waals surface area contributed by atoms with Crippen LogP contribution in [0, 0.1) is 13.8 Å². The first-order valence-corrected chi connectivity index (χ1v) is 11.5. The fraction of sp³-hybridized carbons (Fsp3) is 0.217. The van der Waals surface area contributed by atoms with Crippen LogP contribution in [0.25, 0.3) is 17.1 Å². The number of rotatable bonds is 7. The summed E-state index contributed by atoms with van der Waals surface area (Å²) in [6.45, 7) is 3.79. The summed E-state index contributed by atoms with van der Waals surface area (Å²) in [5.41, 5.74) is 4.09. The molecule has 8 nitrogen and oxygen atoms in total. The van der Waals surface area contributed by atoms with Crippen molar-refractivity contribution in [3.05, 3.63) is 64.9 Å². The van der Waals surface area contributed by atoms with E-state index in [9.17, 15) is 4.79 Å². The fourth-order valence-corrected chi connectivity index (χ4v) is 4.27. The Kier molecular flexibility index (Phi) is 6.71. The topological polar surface area (TPSA) is 86.9 Å². The van der Waals surface area contributed by atoms with Gasteiger partial charge in [-0.05, 0) is 50.2 Å². The number of nitrogens with one attached hydrogen (secondary N) is 1. The van der Waals surface area contributed by atoms with Crippen molar-refractivity contribution in [3.8, 4) is 22.8 Å². The number of hydrogen-bond acceptors (Lipinski definition) is 6. The predicted molar refractivity (Wildman–Crippen MR) is 130 cm³/mol. The first-order chi connectivity index (χ1) is 15.9. The van der Waals surface area contributed by atoms with Gasteiger partial charge in [0.2, 0.25) is 5.91 Å². The number of amides is 1. The molecule has 1 amide bonds. The SMILES string of the molecule is COc1cccc(-c2nnc(SCC(=O)Nc3c(C)nn(C)c3C)n2-c2ccc(Cl)cc2)c1. The van der Waals surface area contributed by atoms with Gasteiger partial charge in [0, 0.05) is 23.3 Å². The van der Waals surface area contributed by atoms with E-state index in [2.05, 4.69) is 20.6 Å². The lowest BCUT2D eigenvalue weighted by Gasteiger charge is -2.11. The number of aromatic nitrogens is 5. The van der Waals surface area contributed by atoms with Crippen LogP contribution < -0.4 is 10.1 Å². The van der Waals surface area contributed by atoms with Crippen LogP contribution in [0.4, 0.5) is 5.69 Å². The predicted octanol–water partition coefficient (Wildman–Crippen LogP) is 4.68. The van der Waals surface area contributed by atoms with Gasteiger partial charge in [-0.15, -0.1) is 10.2 Å². The standard InChI is InChI=1S/C23H23ClN6O2S/c1-14-21(15(2)29(3)28-14)25-20(31)13-33-23-27-26-22(16-6-5-7-19(12-16)32-4)30(23)18-10-8-17(24)9-11-18/h5-12H,13H2,1-4H3,(H,25,31). The van der Waals surface area contributed by atoms with Crippen LogP contribution >= 0.6 is 23.4 Å². The summed E-state index contributed by atoms with van der Waals surface area (Å²) < 4.78 is 9.01. The van der Waals surface area contributed by atoms with Crippen LogP contribution in [0.2, 0.25) is 5.02 Å². The number of thioether (sulfide) groups is 1. The summed E-state index contributed by atoms with van der Waals surface area (Å²) in [5, 5.41) is 17.3. The van der Waals surface area contributed by atoms with Crippen LogP contribution in [0.5, 0.6) is 5.75 Å². The Balaban J connectivity index is 1.63. The van der Waals surface area contributed by atoms with E-state index in [1.54, 1.807) is 23.9 Å². The number of carbonyl (C=O) groups excluding carboxylic acids is 1. The Labute approximate surface area is 200 Å². The number of ether oxygens (including phenoxy) is 1. The molecular weight excluding hydrogens is 460 g/mol. The van der Waals surface area contributed by atoms with Gasteiger partial charge in [0.05, 0.1) is 29.9 Å². The molecule has 4 aromatic rings. The molecule has 2 aromatic heterocycles. The molecule has 2 heterocycles. The quantitative estimate of drug-likeness (QED) is 0.385. The molecule has 0 aliphatic heterocycles. The van der Waals surface area contributed by atoms with Crippen molar-refractivity contribution in [2.75, 3.05) is 18.2 Å². The maximum absolute atomic E-state index is 12.7. The summed E-state index contributed by atoms with van der Waals surface area (Å²) in [7, 11) is 3.47. The molecule has 0 saturated heterocycles. The Morgan fingerprint density at radius 3 is 2.58 bits per heavy atom. The van der Waals surface area contributed by atoms with Gasteiger partial charge < -0.3 is 10.1 Å². The monoisotopic (exact) mass is 482 g/mol. The van der Waals surface area contributed by atoms with Gasteiger partial charge in [0.15, 0.2) is 11.0 Å². The van der Waals surface area contributed by atoms with E-state index in [-0.39, 0.29) is 11.7 Å². The van der Waals surface area contributed by atoms with E-state index in [4.69, 9.17) is 16.3 Å². The van der Waals surface area contributed by atoms with E-state index >= 15 is 0 Å².